The van der Waals surface area contributed by atoms with Gasteiger partial charge in [0.2, 0.25) is 5.91 Å². The molecule has 0 saturated heterocycles. The van der Waals surface area contributed by atoms with Crippen molar-refractivity contribution in [2.75, 3.05) is 13.2 Å². The second-order valence-electron chi connectivity index (χ2n) is 3.47. The van der Waals surface area contributed by atoms with E-state index in [1.54, 1.807) is 0 Å². The van der Waals surface area contributed by atoms with Crippen molar-refractivity contribution in [2.24, 2.45) is 5.73 Å². The Labute approximate surface area is 101 Å². The third-order valence-corrected chi connectivity index (χ3v) is 2.09. The maximum atomic E-state index is 11.4. The van der Waals surface area contributed by atoms with Gasteiger partial charge in [0.15, 0.2) is 0 Å². The van der Waals surface area contributed by atoms with E-state index < -0.39 is 6.04 Å². The Morgan fingerprint density at radius 2 is 2.18 bits per heavy atom. The molecule has 1 aromatic rings. The number of carbonyl (C=O) groups is 1. The molecular formula is C13H16N2O2. The van der Waals surface area contributed by atoms with E-state index in [4.69, 9.17) is 16.9 Å². The minimum atomic E-state index is -0.642. The van der Waals surface area contributed by atoms with Crippen molar-refractivity contribution >= 4 is 5.91 Å². The SMILES string of the molecule is C#CCC(N)C(=O)NCCOc1ccccc1. The Kier molecular flexibility index (Phi) is 5.62. The Balaban J connectivity index is 2.17. The summed E-state index contributed by atoms with van der Waals surface area (Å²) in [5, 5.41) is 2.65. The van der Waals surface area contributed by atoms with Crippen LogP contribution < -0.4 is 15.8 Å². The summed E-state index contributed by atoms with van der Waals surface area (Å²) in [7, 11) is 0. The van der Waals surface area contributed by atoms with E-state index in [0.29, 0.717) is 13.2 Å². The lowest BCUT2D eigenvalue weighted by molar-refractivity contribution is -0.122. The highest BCUT2D eigenvalue weighted by Gasteiger charge is 2.10. The Hall–Kier alpha value is -1.99. The van der Waals surface area contributed by atoms with Crippen LogP contribution in [0.2, 0.25) is 0 Å². The first kappa shape index (κ1) is 13.1. The fraction of sp³-hybridized carbons (Fsp3) is 0.308. The largest absolute Gasteiger partial charge is 0.492 e. The fourth-order valence-corrected chi connectivity index (χ4v) is 1.21. The van der Waals surface area contributed by atoms with Crippen molar-refractivity contribution in [3.8, 4) is 18.1 Å². The lowest BCUT2D eigenvalue weighted by atomic mass is 10.2. The van der Waals surface area contributed by atoms with Crippen molar-refractivity contribution in [3.63, 3.8) is 0 Å². The number of para-hydroxylation sites is 1. The normalized spacial score (nSPS) is 11.3. The fourth-order valence-electron chi connectivity index (χ4n) is 1.21. The Morgan fingerprint density at radius 3 is 2.82 bits per heavy atom. The molecule has 1 amide bonds. The minimum Gasteiger partial charge on any atom is -0.492 e. The average Bonchev–Trinajstić information content (AvgIpc) is 2.36. The van der Waals surface area contributed by atoms with Gasteiger partial charge in [0.1, 0.15) is 12.4 Å². The maximum absolute atomic E-state index is 11.4. The molecule has 4 heteroatoms. The van der Waals surface area contributed by atoms with E-state index in [1.807, 2.05) is 30.3 Å². The molecule has 90 valence electrons. The zero-order chi connectivity index (χ0) is 12.5. The second kappa shape index (κ2) is 7.31. The smallest absolute Gasteiger partial charge is 0.238 e. The summed E-state index contributed by atoms with van der Waals surface area (Å²) in [5.74, 6) is 2.87. The molecule has 1 unspecified atom stereocenters. The number of hydrogen-bond acceptors (Lipinski definition) is 3. The Morgan fingerprint density at radius 1 is 1.47 bits per heavy atom. The first-order valence-electron chi connectivity index (χ1n) is 5.38. The van der Waals surface area contributed by atoms with Gasteiger partial charge in [-0.1, -0.05) is 18.2 Å². The number of terminal acetylenes is 1. The average molecular weight is 232 g/mol. The van der Waals surface area contributed by atoms with Crippen LogP contribution in [0.5, 0.6) is 5.75 Å². The molecule has 1 atom stereocenters. The highest BCUT2D eigenvalue weighted by molar-refractivity contribution is 5.81. The third-order valence-electron chi connectivity index (χ3n) is 2.09. The van der Waals surface area contributed by atoms with Crippen LogP contribution in [0.25, 0.3) is 0 Å². The van der Waals surface area contributed by atoms with Crippen LogP contribution in [0.4, 0.5) is 0 Å². The van der Waals surface area contributed by atoms with Gasteiger partial charge in [0.25, 0.3) is 0 Å². The summed E-state index contributed by atoms with van der Waals surface area (Å²) in [4.78, 5) is 11.4. The lowest BCUT2D eigenvalue weighted by Crippen LogP contribution is -2.41. The van der Waals surface area contributed by atoms with Gasteiger partial charge in [-0.3, -0.25) is 4.79 Å². The van der Waals surface area contributed by atoms with Gasteiger partial charge in [-0.15, -0.1) is 12.3 Å². The molecule has 0 bridgehead atoms. The molecule has 0 aromatic heterocycles. The number of nitrogens with two attached hydrogens (primary N) is 1. The molecule has 0 spiro atoms. The predicted molar refractivity (Wildman–Crippen MR) is 66.4 cm³/mol. The van der Waals surface area contributed by atoms with Crippen LogP contribution in [0.15, 0.2) is 30.3 Å². The zero-order valence-corrected chi connectivity index (χ0v) is 9.56. The maximum Gasteiger partial charge on any atom is 0.238 e. The third kappa shape index (κ3) is 5.05. The number of nitrogens with one attached hydrogen (secondary N) is 1. The zero-order valence-electron chi connectivity index (χ0n) is 9.56. The number of amides is 1. The highest BCUT2D eigenvalue weighted by atomic mass is 16.5. The van der Waals surface area contributed by atoms with E-state index in [-0.39, 0.29) is 12.3 Å². The molecule has 17 heavy (non-hydrogen) atoms. The number of ether oxygens (including phenoxy) is 1. The summed E-state index contributed by atoms with van der Waals surface area (Å²) in [5.41, 5.74) is 5.53. The van der Waals surface area contributed by atoms with Crippen LogP contribution in [0.1, 0.15) is 6.42 Å². The first-order valence-corrected chi connectivity index (χ1v) is 5.38. The summed E-state index contributed by atoms with van der Waals surface area (Å²) in [6.07, 6.45) is 5.30. The van der Waals surface area contributed by atoms with Crippen molar-refractivity contribution in [1.82, 2.24) is 5.32 Å². The van der Waals surface area contributed by atoms with Gasteiger partial charge >= 0.3 is 0 Å². The molecule has 0 fully saturated rings. The molecule has 0 aliphatic carbocycles. The molecule has 1 aromatic carbocycles. The van der Waals surface area contributed by atoms with Gasteiger partial charge in [0.05, 0.1) is 12.6 Å². The predicted octanol–water partition coefficient (Wildman–Crippen LogP) is 0.532. The molecule has 1 rings (SSSR count). The molecule has 0 radical (unpaired) electrons. The Bertz CT molecular complexity index is 384. The van der Waals surface area contributed by atoms with Gasteiger partial charge in [0, 0.05) is 6.42 Å². The minimum absolute atomic E-state index is 0.241. The van der Waals surface area contributed by atoms with Crippen LogP contribution in [-0.2, 0) is 4.79 Å². The number of hydrogen-bond donors (Lipinski definition) is 2. The summed E-state index contributed by atoms with van der Waals surface area (Å²) >= 11 is 0. The number of rotatable bonds is 6. The lowest BCUT2D eigenvalue weighted by Gasteiger charge is -2.10. The molecule has 0 aliphatic rings. The first-order chi connectivity index (χ1) is 8.24. The molecular weight excluding hydrogens is 216 g/mol. The van der Waals surface area contributed by atoms with Gasteiger partial charge in [-0.2, -0.15) is 0 Å². The van der Waals surface area contributed by atoms with Crippen LogP contribution >= 0.6 is 0 Å². The molecule has 0 saturated carbocycles. The van der Waals surface area contributed by atoms with Crippen LogP contribution in [0, 0.1) is 12.3 Å². The topological polar surface area (TPSA) is 64.4 Å². The highest BCUT2D eigenvalue weighted by Crippen LogP contribution is 2.07. The summed E-state index contributed by atoms with van der Waals surface area (Å²) < 4.78 is 5.40. The van der Waals surface area contributed by atoms with E-state index in [2.05, 4.69) is 11.2 Å². The van der Waals surface area contributed by atoms with Gasteiger partial charge in [-0.05, 0) is 12.1 Å². The molecule has 4 nitrogen and oxygen atoms in total. The van der Waals surface area contributed by atoms with Crippen LogP contribution in [0.3, 0.4) is 0 Å². The van der Waals surface area contributed by atoms with Crippen LogP contribution in [-0.4, -0.2) is 25.1 Å². The van der Waals surface area contributed by atoms with Crippen molar-refractivity contribution < 1.29 is 9.53 Å². The quantitative estimate of drug-likeness (QED) is 0.555. The summed E-state index contributed by atoms with van der Waals surface area (Å²) in [6, 6.07) is 8.75. The number of carbonyl (C=O) groups excluding carboxylic acids is 1. The molecule has 3 N–H and O–H groups in total. The second-order valence-corrected chi connectivity index (χ2v) is 3.47. The number of benzene rings is 1. The van der Waals surface area contributed by atoms with Crippen molar-refractivity contribution in [2.45, 2.75) is 12.5 Å². The molecule has 0 aliphatic heterocycles. The van der Waals surface area contributed by atoms with E-state index in [1.165, 1.54) is 0 Å². The van der Waals surface area contributed by atoms with E-state index in [9.17, 15) is 4.79 Å². The van der Waals surface area contributed by atoms with E-state index in [0.717, 1.165) is 5.75 Å². The van der Waals surface area contributed by atoms with Crippen molar-refractivity contribution in [1.29, 1.82) is 0 Å². The summed E-state index contributed by atoms with van der Waals surface area (Å²) in [6.45, 7) is 0.810. The van der Waals surface area contributed by atoms with Gasteiger partial charge in [-0.25, -0.2) is 0 Å². The monoisotopic (exact) mass is 232 g/mol. The molecule has 0 heterocycles. The standard InChI is InChI=1S/C13H16N2O2/c1-2-6-12(14)13(16)15-9-10-17-11-7-4-3-5-8-11/h1,3-5,7-8,12H,6,9-10,14H2,(H,15,16). The van der Waals surface area contributed by atoms with Crippen molar-refractivity contribution in [3.05, 3.63) is 30.3 Å². The van der Waals surface area contributed by atoms with E-state index >= 15 is 0 Å². The van der Waals surface area contributed by atoms with Gasteiger partial charge < -0.3 is 15.8 Å².